The molecular formula is C17H31IN4O2S. The fraction of sp³-hybridized carbons (Fsp3) is 0.588. The molecule has 0 aliphatic heterocycles. The van der Waals surface area contributed by atoms with Crippen molar-refractivity contribution in [3.63, 3.8) is 0 Å². The van der Waals surface area contributed by atoms with Crippen molar-refractivity contribution in [2.45, 2.75) is 33.1 Å². The van der Waals surface area contributed by atoms with Gasteiger partial charge in [0.2, 0.25) is 10.0 Å². The van der Waals surface area contributed by atoms with Crippen LogP contribution in [0.5, 0.6) is 0 Å². The zero-order chi connectivity index (χ0) is 17.8. The molecule has 0 aliphatic rings. The first-order valence-corrected chi connectivity index (χ1v) is 10.2. The number of aliphatic imine (C=N–C) groups is 1. The maximum atomic E-state index is 11.3. The molecule has 1 aromatic carbocycles. The van der Waals surface area contributed by atoms with Crippen LogP contribution in [0.3, 0.4) is 0 Å². The van der Waals surface area contributed by atoms with Gasteiger partial charge >= 0.3 is 0 Å². The van der Waals surface area contributed by atoms with E-state index in [9.17, 15) is 8.42 Å². The lowest BCUT2D eigenvalue weighted by molar-refractivity contribution is 0.579. The van der Waals surface area contributed by atoms with E-state index in [0.29, 0.717) is 32.0 Å². The minimum absolute atomic E-state index is 0. The van der Waals surface area contributed by atoms with E-state index in [2.05, 4.69) is 39.4 Å². The maximum absolute atomic E-state index is 11.3. The third-order valence-corrected chi connectivity index (χ3v) is 4.99. The fourth-order valence-electron chi connectivity index (χ4n) is 2.08. The Hall–Kier alpha value is -0.870. The van der Waals surface area contributed by atoms with Gasteiger partial charge in [-0.3, -0.25) is 4.99 Å². The molecule has 1 rings (SSSR count). The summed E-state index contributed by atoms with van der Waals surface area (Å²) in [4.78, 5) is 4.61. The topological polar surface area (TPSA) is 82.6 Å². The molecule has 0 aromatic heterocycles. The summed E-state index contributed by atoms with van der Waals surface area (Å²) in [5.74, 6) is 1.22. The SMILES string of the molecule is CCNC(=NCC(C)c1ccccc1)NCCCNS(=O)(=O)CC.I. The predicted octanol–water partition coefficient (Wildman–Crippen LogP) is 2.29. The van der Waals surface area contributed by atoms with Crippen LogP contribution in [0.25, 0.3) is 0 Å². The second kappa shape index (κ2) is 13.3. The number of hydrogen-bond donors (Lipinski definition) is 3. The van der Waals surface area contributed by atoms with Crippen molar-refractivity contribution >= 4 is 40.0 Å². The number of nitrogens with zero attached hydrogens (tertiary/aromatic N) is 1. The van der Waals surface area contributed by atoms with E-state index in [1.165, 1.54) is 5.56 Å². The van der Waals surface area contributed by atoms with E-state index >= 15 is 0 Å². The number of halogens is 1. The molecule has 0 heterocycles. The van der Waals surface area contributed by atoms with E-state index in [4.69, 9.17) is 0 Å². The van der Waals surface area contributed by atoms with Crippen molar-refractivity contribution < 1.29 is 8.42 Å². The molecule has 6 nitrogen and oxygen atoms in total. The zero-order valence-corrected chi connectivity index (χ0v) is 18.4. The van der Waals surface area contributed by atoms with Crippen LogP contribution in [0.1, 0.15) is 38.7 Å². The molecule has 1 atom stereocenters. The lowest BCUT2D eigenvalue weighted by Crippen LogP contribution is -2.39. The van der Waals surface area contributed by atoms with E-state index in [1.54, 1.807) is 6.92 Å². The molecule has 25 heavy (non-hydrogen) atoms. The highest BCUT2D eigenvalue weighted by atomic mass is 127. The molecule has 144 valence electrons. The number of guanidine groups is 1. The molecule has 0 saturated carbocycles. The summed E-state index contributed by atoms with van der Waals surface area (Å²) in [7, 11) is -3.11. The van der Waals surface area contributed by atoms with Gasteiger partial charge in [0.15, 0.2) is 5.96 Å². The first kappa shape index (κ1) is 24.1. The standard InChI is InChI=1S/C17H30N4O2S.HI/c1-4-18-17(19-12-9-13-21-24(22,23)5-2)20-14-15(3)16-10-7-6-8-11-16;/h6-8,10-11,15,21H,4-5,9,12-14H2,1-3H3,(H2,18,19,20);1H. The summed E-state index contributed by atoms with van der Waals surface area (Å²) in [5.41, 5.74) is 1.27. The molecule has 0 fully saturated rings. The monoisotopic (exact) mass is 482 g/mol. The Balaban J connectivity index is 0.00000576. The smallest absolute Gasteiger partial charge is 0.211 e. The van der Waals surface area contributed by atoms with Gasteiger partial charge < -0.3 is 10.6 Å². The van der Waals surface area contributed by atoms with Crippen LogP contribution in [-0.2, 0) is 10.0 Å². The Morgan fingerprint density at radius 1 is 1.12 bits per heavy atom. The number of hydrogen-bond acceptors (Lipinski definition) is 3. The molecule has 3 N–H and O–H groups in total. The van der Waals surface area contributed by atoms with Crippen molar-refractivity contribution in [2.75, 3.05) is 31.9 Å². The van der Waals surface area contributed by atoms with E-state index in [1.807, 2.05) is 25.1 Å². The number of benzene rings is 1. The second-order valence-electron chi connectivity index (χ2n) is 5.61. The fourth-order valence-corrected chi connectivity index (χ4v) is 2.74. The van der Waals surface area contributed by atoms with Crippen LogP contribution >= 0.6 is 24.0 Å². The van der Waals surface area contributed by atoms with E-state index in [-0.39, 0.29) is 29.7 Å². The van der Waals surface area contributed by atoms with Gasteiger partial charge in [-0.25, -0.2) is 13.1 Å². The lowest BCUT2D eigenvalue weighted by atomic mass is 10.0. The summed E-state index contributed by atoms with van der Waals surface area (Å²) in [6, 6.07) is 10.3. The molecule has 0 radical (unpaired) electrons. The van der Waals surface area contributed by atoms with Crippen molar-refractivity contribution in [1.82, 2.24) is 15.4 Å². The number of sulfonamides is 1. The van der Waals surface area contributed by atoms with Gasteiger partial charge in [-0.1, -0.05) is 37.3 Å². The molecule has 0 spiro atoms. The summed E-state index contributed by atoms with van der Waals surface area (Å²) >= 11 is 0. The molecule has 1 aromatic rings. The van der Waals surface area contributed by atoms with Crippen LogP contribution < -0.4 is 15.4 Å². The summed E-state index contributed by atoms with van der Waals surface area (Å²) < 4.78 is 25.2. The second-order valence-corrected chi connectivity index (χ2v) is 7.70. The molecular weight excluding hydrogens is 451 g/mol. The Morgan fingerprint density at radius 3 is 2.40 bits per heavy atom. The van der Waals surface area contributed by atoms with Gasteiger partial charge in [0.25, 0.3) is 0 Å². The normalized spacial score (nSPS) is 13.0. The summed E-state index contributed by atoms with van der Waals surface area (Å²) in [5, 5.41) is 6.44. The Labute approximate surface area is 169 Å². The van der Waals surface area contributed by atoms with Crippen molar-refractivity contribution in [3.05, 3.63) is 35.9 Å². The van der Waals surface area contributed by atoms with Crippen LogP contribution in [0.4, 0.5) is 0 Å². The minimum Gasteiger partial charge on any atom is -0.357 e. The van der Waals surface area contributed by atoms with Gasteiger partial charge in [-0.05, 0) is 25.8 Å². The Bertz CT molecular complexity index is 594. The Morgan fingerprint density at radius 2 is 1.80 bits per heavy atom. The van der Waals surface area contributed by atoms with Gasteiger partial charge in [0.05, 0.1) is 5.75 Å². The highest BCUT2D eigenvalue weighted by Gasteiger charge is 2.06. The molecule has 0 bridgehead atoms. The van der Waals surface area contributed by atoms with Crippen molar-refractivity contribution in [3.8, 4) is 0 Å². The molecule has 0 amide bonds. The molecule has 8 heteroatoms. The first-order valence-electron chi connectivity index (χ1n) is 8.53. The van der Waals surface area contributed by atoms with E-state index < -0.39 is 10.0 Å². The van der Waals surface area contributed by atoms with Gasteiger partial charge in [-0.15, -0.1) is 24.0 Å². The van der Waals surface area contributed by atoms with Gasteiger partial charge in [0, 0.05) is 32.1 Å². The average Bonchev–Trinajstić information content (AvgIpc) is 2.59. The quantitative estimate of drug-likeness (QED) is 0.207. The number of nitrogens with one attached hydrogen (secondary N) is 3. The maximum Gasteiger partial charge on any atom is 0.211 e. The minimum atomic E-state index is -3.11. The zero-order valence-electron chi connectivity index (χ0n) is 15.3. The van der Waals surface area contributed by atoms with Crippen LogP contribution in [0.15, 0.2) is 35.3 Å². The van der Waals surface area contributed by atoms with Crippen molar-refractivity contribution in [1.29, 1.82) is 0 Å². The van der Waals surface area contributed by atoms with Gasteiger partial charge in [-0.2, -0.15) is 0 Å². The average molecular weight is 482 g/mol. The first-order chi connectivity index (χ1) is 11.5. The molecule has 1 unspecified atom stereocenters. The van der Waals surface area contributed by atoms with Crippen LogP contribution in [-0.4, -0.2) is 46.3 Å². The van der Waals surface area contributed by atoms with Crippen molar-refractivity contribution in [2.24, 2.45) is 4.99 Å². The van der Waals surface area contributed by atoms with Gasteiger partial charge in [0.1, 0.15) is 0 Å². The molecule has 0 saturated heterocycles. The Kier molecular flexibility index (Phi) is 12.9. The predicted molar refractivity (Wildman–Crippen MR) is 116 cm³/mol. The highest BCUT2D eigenvalue weighted by molar-refractivity contribution is 14.0. The summed E-state index contributed by atoms with van der Waals surface area (Å²) in [6.07, 6.45) is 0.706. The lowest BCUT2D eigenvalue weighted by Gasteiger charge is -2.14. The highest BCUT2D eigenvalue weighted by Crippen LogP contribution is 2.14. The van der Waals surface area contributed by atoms with E-state index in [0.717, 1.165) is 12.5 Å². The van der Waals surface area contributed by atoms with Crippen LogP contribution in [0, 0.1) is 0 Å². The molecule has 0 aliphatic carbocycles. The third-order valence-electron chi connectivity index (χ3n) is 3.58. The largest absolute Gasteiger partial charge is 0.357 e. The summed E-state index contributed by atoms with van der Waals surface area (Å²) in [6.45, 7) is 8.39. The number of rotatable bonds is 10. The van der Waals surface area contributed by atoms with Crippen LogP contribution in [0.2, 0.25) is 0 Å². The third kappa shape index (κ3) is 10.7.